The Morgan fingerprint density at radius 3 is 1.68 bits per heavy atom. The van der Waals surface area contributed by atoms with Crippen LogP contribution in [0.4, 0.5) is 17.1 Å². The topological polar surface area (TPSA) is 16.4 Å². The van der Waals surface area contributed by atoms with Crippen LogP contribution in [0, 0.1) is 0 Å². The predicted octanol–water partition coefficient (Wildman–Crippen LogP) is 16.7. The first-order chi connectivity index (χ1) is 31.4. The zero-order valence-electron chi connectivity index (χ0n) is 36.4. The molecule has 0 bridgehead atoms. The number of anilines is 3. The monoisotopic (exact) mass is 767 g/mol. The number of para-hydroxylation sites is 2. The lowest BCUT2D eigenvalue weighted by atomic mass is 9.96. The molecule has 0 spiro atoms. The van der Waals surface area contributed by atoms with Crippen molar-refractivity contribution in [1.29, 1.82) is 0 Å². The number of furan rings is 1. The van der Waals surface area contributed by atoms with Crippen molar-refractivity contribution in [3.8, 4) is 33.4 Å². The Morgan fingerprint density at radius 2 is 0.850 bits per heavy atom. The normalized spacial score (nSPS) is 12.6. The average Bonchev–Trinajstić information content (AvgIpc) is 3.74. The Balaban J connectivity index is 1.07. The van der Waals surface area contributed by atoms with Crippen LogP contribution in [0.5, 0.6) is 0 Å². The minimum atomic E-state index is -0.143. The van der Waals surface area contributed by atoms with E-state index in [2.05, 4.69) is 109 Å². The van der Waals surface area contributed by atoms with Gasteiger partial charge in [-0.05, 0) is 102 Å². The first-order valence-corrected chi connectivity index (χ1v) is 20.3. The average molecular weight is 768 g/mol. The van der Waals surface area contributed by atoms with Crippen LogP contribution in [-0.2, 0) is 0 Å². The maximum Gasteiger partial charge on any atom is 0.143 e. The van der Waals surface area contributed by atoms with Gasteiger partial charge in [0, 0.05) is 38.7 Å². The summed E-state index contributed by atoms with van der Waals surface area (Å²) in [5, 5.41) is 10.7. The molecular formula is C58H37NO. The Hall–Kier alpha value is -7.94. The molecule has 0 radical (unpaired) electrons. The van der Waals surface area contributed by atoms with E-state index in [0.717, 1.165) is 87.3 Å². The number of hydrogen-bond donors (Lipinski definition) is 0. The summed E-state index contributed by atoms with van der Waals surface area (Å²) >= 11 is 0. The molecule has 0 fully saturated rings. The summed E-state index contributed by atoms with van der Waals surface area (Å²) in [5.41, 5.74) is 7.73. The van der Waals surface area contributed by atoms with E-state index >= 15 is 0 Å². The molecule has 0 aliphatic heterocycles. The fraction of sp³-hybridized carbons (Fsp3) is 0. The van der Waals surface area contributed by atoms with Crippen LogP contribution in [0.25, 0.3) is 98.4 Å². The summed E-state index contributed by atoms with van der Waals surface area (Å²) in [6, 6.07) is 67.2. The molecule has 280 valence electrons. The van der Waals surface area contributed by atoms with Gasteiger partial charge in [0.05, 0.1) is 11.2 Å². The number of nitrogens with zero attached hydrogens (tertiary/aromatic N) is 1. The van der Waals surface area contributed by atoms with Crippen LogP contribution < -0.4 is 4.90 Å². The van der Waals surface area contributed by atoms with Gasteiger partial charge in [-0.3, -0.25) is 0 Å². The molecule has 0 atom stereocenters. The summed E-state index contributed by atoms with van der Waals surface area (Å²) in [7, 11) is 0. The highest BCUT2D eigenvalue weighted by molar-refractivity contribution is 6.18. The molecule has 0 N–H and O–H groups in total. The lowest BCUT2D eigenvalue weighted by molar-refractivity contribution is 0.674. The SMILES string of the molecule is [2H]c1c([2H])c(N(c2ccc(-c3cccc4ccccc34)cc2)c2ccccc2-c2cccc3c2oc2c4ccccc4ccc32)c([2H])c([2H])c1-c1ccc2c(ccc3ccccc32)c1. The molecule has 1 aromatic heterocycles. The lowest BCUT2D eigenvalue weighted by Crippen LogP contribution is -2.11. The van der Waals surface area contributed by atoms with E-state index in [0.29, 0.717) is 16.9 Å². The van der Waals surface area contributed by atoms with E-state index < -0.39 is 0 Å². The minimum absolute atomic E-state index is 0.114. The predicted molar refractivity (Wildman–Crippen MR) is 255 cm³/mol. The third kappa shape index (κ3) is 5.57. The highest BCUT2D eigenvalue weighted by Gasteiger charge is 2.21. The lowest BCUT2D eigenvalue weighted by Gasteiger charge is -2.28. The van der Waals surface area contributed by atoms with Crippen LogP contribution in [0.2, 0.25) is 0 Å². The van der Waals surface area contributed by atoms with Crippen molar-refractivity contribution < 1.29 is 9.90 Å². The number of fused-ring (bicyclic) bond motifs is 9. The van der Waals surface area contributed by atoms with Gasteiger partial charge in [0.15, 0.2) is 0 Å². The van der Waals surface area contributed by atoms with Crippen LogP contribution in [0.1, 0.15) is 5.48 Å². The second kappa shape index (κ2) is 13.9. The maximum atomic E-state index is 9.80. The van der Waals surface area contributed by atoms with Gasteiger partial charge in [0.2, 0.25) is 0 Å². The first-order valence-electron chi connectivity index (χ1n) is 22.3. The molecule has 0 aliphatic carbocycles. The molecule has 2 heteroatoms. The van der Waals surface area contributed by atoms with Gasteiger partial charge >= 0.3 is 0 Å². The summed E-state index contributed by atoms with van der Waals surface area (Å²) in [6.07, 6.45) is 0. The smallest absolute Gasteiger partial charge is 0.143 e. The second-order valence-electron chi connectivity index (χ2n) is 15.3. The van der Waals surface area contributed by atoms with Crippen molar-refractivity contribution >= 4 is 82.1 Å². The first kappa shape index (κ1) is 30.2. The molecule has 11 aromatic carbocycles. The summed E-state index contributed by atoms with van der Waals surface area (Å²) in [6.45, 7) is 0. The van der Waals surface area contributed by atoms with E-state index in [-0.39, 0.29) is 35.4 Å². The summed E-state index contributed by atoms with van der Waals surface area (Å²) in [5.74, 6) is 0. The van der Waals surface area contributed by atoms with E-state index in [1.807, 2.05) is 95.9 Å². The molecule has 12 aromatic rings. The highest BCUT2D eigenvalue weighted by atomic mass is 16.3. The summed E-state index contributed by atoms with van der Waals surface area (Å²) in [4.78, 5) is 1.89. The van der Waals surface area contributed by atoms with Gasteiger partial charge in [-0.25, -0.2) is 0 Å². The van der Waals surface area contributed by atoms with E-state index in [1.54, 1.807) is 0 Å². The second-order valence-corrected chi connectivity index (χ2v) is 15.3. The Labute approximate surface area is 353 Å². The largest absolute Gasteiger partial charge is 0.455 e. The van der Waals surface area contributed by atoms with Crippen LogP contribution in [-0.4, -0.2) is 0 Å². The molecule has 0 unspecified atom stereocenters. The van der Waals surface area contributed by atoms with Crippen LogP contribution in [0.15, 0.2) is 229 Å². The summed E-state index contributed by atoms with van der Waals surface area (Å²) < 4.78 is 45.7. The third-order valence-corrected chi connectivity index (χ3v) is 11.9. The fourth-order valence-electron chi connectivity index (χ4n) is 9.02. The van der Waals surface area contributed by atoms with Crippen molar-refractivity contribution in [3.63, 3.8) is 0 Å². The van der Waals surface area contributed by atoms with Crippen molar-refractivity contribution in [1.82, 2.24) is 0 Å². The molecule has 0 saturated carbocycles. The zero-order chi connectivity index (χ0) is 43.1. The quantitative estimate of drug-likeness (QED) is 0.157. The zero-order valence-corrected chi connectivity index (χ0v) is 32.4. The molecule has 1 heterocycles. The maximum absolute atomic E-state index is 9.80. The van der Waals surface area contributed by atoms with Gasteiger partial charge in [0.1, 0.15) is 11.2 Å². The van der Waals surface area contributed by atoms with Crippen molar-refractivity contribution in [2.24, 2.45) is 0 Å². The Morgan fingerprint density at radius 1 is 0.317 bits per heavy atom. The standard InChI is InChI=1S/C58H37NO/c1-4-15-47-39(11-1)14-9-19-49(47)42-27-33-46(34-28-42)59(45-31-25-38(26-32-45)43-30-35-50-44(37-43)24-23-40-12-2-5-16-48(40)50)56-22-8-7-18-52(56)53-20-10-21-54-55-36-29-41-13-3-6-17-51(41)57(55)60-58(53)54/h1-37H/i25D,26D,31D,32D. The molecule has 0 aliphatic rings. The van der Waals surface area contributed by atoms with Crippen LogP contribution in [0.3, 0.4) is 0 Å². The molecule has 60 heavy (non-hydrogen) atoms. The minimum Gasteiger partial charge on any atom is -0.455 e. The number of hydrogen-bond acceptors (Lipinski definition) is 2. The molecule has 0 amide bonds. The van der Waals surface area contributed by atoms with E-state index in [1.165, 1.54) is 0 Å². The van der Waals surface area contributed by atoms with Crippen LogP contribution >= 0.6 is 0 Å². The van der Waals surface area contributed by atoms with E-state index in [4.69, 9.17) is 4.42 Å². The Kier molecular flexibility index (Phi) is 6.98. The van der Waals surface area contributed by atoms with Gasteiger partial charge in [-0.1, -0.05) is 182 Å². The van der Waals surface area contributed by atoms with Gasteiger partial charge in [0.25, 0.3) is 0 Å². The van der Waals surface area contributed by atoms with Gasteiger partial charge in [-0.2, -0.15) is 0 Å². The van der Waals surface area contributed by atoms with Gasteiger partial charge in [-0.15, -0.1) is 0 Å². The Bertz CT molecular complexity index is 3820. The molecule has 2 nitrogen and oxygen atoms in total. The third-order valence-electron chi connectivity index (χ3n) is 11.9. The molecule has 12 rings (SSSR count). The highest BCUT2D eigenvalue weighted by Crippen LogP contribution is 2.46. The molecular weight excluding hydrogens is 727 g/mol. The number of benzene rings is 11. The van der Waals surface area contributed by atoms with Crippen molar-refractivity contribution in [3.05, 3.63) is 224 Å². The number of rotatable bonds is 6. The van der Waals surface area contributed by atoms with E-state index in [9.17, 15) is 5.48 Å². The fourth-order valence-corrected chi connectivity index (χ4v) is 9.02. The van der Waals surface area contributed by atoms with Gasteiger partial charge < -0.3 is 9.32 Å². The van der Waals surface area contributed by atoms with Crippen molar-refractivity contribution in [2.75, 3.05) is 4.90 Å². The molecule has 0 saturated heterocycles. The van der Waals surface area contributed by atoms with Crippen molar-refractivity contribution in [2.45, 2.75) is 0 Å².